The molecule has 0 amide bonds. The van der Waals surface area contributed by atoms with Crippen LogP contribution in [-0.4, -0.2) is 44.3 Å². The van der Waals surface area contributed by atoms with Crippen molar-refractivity contribution in [2.24, 2.45) is 4.99 Å². The molecule has 138 valence electrons. The lowest BCUT2D eigenvalue weighted by Crippen LogP contribution is -2.46. The van der Waals surface area contributed by atoms with Crippen molar-refractivity contribution in [3.05, 3.63) is 29.3 Å². The highest BCUT2D eigenvalue weighted by Crippen LogP contribution is 2.16. The van der Waals surface area contributed by atoms with Crippen LogP contribution in [0.1, 0.15) is 27.7 Å². The van der Waals surface area contributed by atoms with Gasteiger partial charge in [-0.25, -0.2) is 0 Å². The molecular weight excluding hydrogens is 439 g/mol. The van der Waals surface area contributed by atoms with Crippen molar-refractivity contribution in [2.45, 2.75) is 39.3 Å². The van der Waals surface area contributed by atoms with E-state index in [0.29, 0.717) is 11.6 Å². The maximum absolute atomic E-state index is 5.86. The van der Waals surface area contributed by atoms with Crippen LogP contribution in [0.25, 0.3) is 0 Å². The van der Waals surface area contributed by atoms with Gasteiger partial charge in [-0.05, 0) is 52.0 Å². The number of hydrogen-bond acceptors (Lipinski definition) is 3. The Morgan fingerprint density at radius 1 is 1.17 bits per heavy atom. The van der Waals surface area contributed by atoms with Gasteiger partial charge in [0.15, 0.2) is 5.96 Å². The Morgan fingerprint density at radius 3 is 2.33 bits per heavy atom. The maximum atomic E-state index is 5.86. The Labute approximate surface area is 168 Å². The zero-order valence-electron chi connectivity index (χ0n) is 15.1. The average Bonchev–Trinajstić information content (AvgIpc) is 2.48. The van der Waals surface area contributed by atoms with Gasteiger partial charge in [-0.2, -0.15) is 0 Å². The number of hydrogen-bond donors (Lipinski definition) is 3. The molecular formula is C17H30ClIN4O. The van der Waals surface area contributed by atoms with E-state index in [1.54, 1.807) is 7.05 Å². The minimum absolute atomic E-state index is 0. The molecule has 1 unspecified atom stereocenters. The molecule has 0 aliphatic rings. The molecule has 0 radical (unpaired) electrons. The van der Waals surface area contributed by atoms with Crippen molar-refractivity contribution in [2.75, 3.05) is 26.7 Å². The van der Waals surface area contributed by atoms with Crippen LogP contribution in [0, 0.1) is 0 Å². The van der Waals surface area contributed by atoms with Crippen molar-refractivity contribution in [3.8, 4) is 5.75 Å². The second-order valence-electron chi connectivity index (χ2n) is 6.44. The number of benzene rings is 1. The van der Waals surface area contributed by atoms with Crippen molar-refractivity contribution < 1.29 is 4.74 Å². The first-order valence-corrected chi connectivity index (χ1v) is 8.30. The van der Waals surface area contributed by atoms with E-state index in [2.05, 4.69) is 41.7 Å². The standard InChI is InChI=1S/C17H29ClN4O.HI/c1-13(23-15-8-6-14(18)7-9-15)12-21-16(19-5)20-10-11-22-17(2,3)4;/h6-9,13,22H,10-12H2,1-5H3,(H2,19,20,21);1H. The fraction of sp³-hybridized carbons (Fsp3) is 0.588. The van der Waals surface area contributed by atoms with E-state index in [1.165, 1.54) is 0 Å². The fourth-order valence-electron chi connectivity index (χ4n) is 1.87. The Hall–Kier alpha value is -0.730. The van der Waals surface area contributed by atoms with Gasteiger partial charge < -0.3 is 20.7 Å². The second-order valence-corrected chi connectivity index (χ2v) is 6.88. The van der Waals surface area contributed by atoms with E-state index < -0.39 is 0 Å². The van der Waals surface area contributed by atoms with E-state index in [-0.39, 0.29) is 35.6 Å². The molecule has 1 rings (SSSR count). The molecule has 1 aromatic rings. The Balaban J connectivity index is 0.00000529. The molecule has 24 heavy (non-hydrogen) atoms. The lowest BCUT2D eigenvalue weighted by Gasteiger charge is -2.21. The Morgan fingerprint density at radius 2 is 1.79 bits per heavy atom. The smallest absolute Gasteiger partial charge is 0.191 e. The summed E-state index contributed by atoms with van der Waals surface area (Å²) in [5.74, 6) is 1.58. The van der Waals surface area contributed by atoms with Crippen LogP contribution in [0.2, 0.25) is 5.02 Å². The highest BCUT2D eigenvalue weighted by molar-refractivity contribution is 14.0. The van der Waals surface area contributed by atoms with Crippen LogP contribution in [0.3, 0.4) is 0 Å². The van der Waals surface area contributed by atoms with Crippen molar-refractivity contribution in [3.63, 3.8) is 0 Å². The summed E-state index contributed by atoms with van der Waals surface area (Å²) in [5, 5.41) is 10.7. The summed E-state index contributed by atoms with van der Waals surface area (Å²) in [7, 11) is 1.76. The lowest BCUT2D eigenvalue weighted by molar-refractivity contribution is 0.224. The van der Waals surface area contributed by atoms with Gasteiger partial charge in [0.2, 0.25) is 0 Å². The van der Waals surface area contributed by atoms with Crippen molar-refractivity contribution in [1.29, 1.82) is 0 Å². The summed E-state index contributed by atoms with van der Waals surface area (Å²) in [5.41, 5.74) is 0.125. The topological polar surface area (TPSA) is 57.7 Å². The zero-order chi connectivity index (χ0) is 17.3. The van der Waals surface area contributed by atoms with Gasteiger partial charge in [0.1, 0.15) is 11.9 Å². The molecule has 7 heteroatoms. The first-order chi connectivity index (χ1) is 10.8. The highest BCUT2D eigenvalue weighted by Gasteiger charge is 2.08. The number of nitrogens with one attached hydrogen (secondary N) is 3. The summed E-state index contributed by atoms with van der Waals surface area (Å²) in [6.45, 7) is 10.8. The predicted octanol–water partition coefficient (Wildman–Crippen LogP) is 3.28. The Kier molecular flexibility index (Phi) is 11.4. The van der Waals surface area contributed by atoms with Crippen LogP contribution in [0.15, 0.2) is 29.3 Å². The fourth-order valence-corrected chi connectivity index (χ4v) is 1.99. The molecule has 0 aromatic heterocycles. The number of nitrogens with zero attached hydrogens (tertiary/aromatic N) is 1. The van der Waals surface area contributed by atoms with Crippen LogP contribution < -0.4 is 20.7 Å². The SMILES string of the molecule is CN=C(NCCNC(C)(C)C)NCC(C)Oc1ccc(Cl)cc1.I. The number of halogens is 2. The van der Waals surface area contributed by atoms with Crippen molar-refractivity contribution in [1.82, 2.24) is 16.0 Å². The van der Waals surface area contributed by atoms with Crippen LogP contribution in [0.5, 0.6) is 5.75 Å². The van der Waals surface area contributed by atoms with Crippen LogP contribution in [-0.2, 0) is 0 Å². The summed E-state index contributed by atoms with van der Waals surface area (Å²) in [4.78, 5) is 4.21. The third-order valence-corrected chi connectivity index (χ3v) is 3.26. The van der Waals surface area contributed by atoms with Gasteiger partial charge in [0, 0.05) is 30.7 Å². The van der Waals surface area contributed by atoms with Gasteiger partial charge in [0.25, 0.3) is 0 Å². The van der Waals surface area contributed by atoms with Gasteiger partial charge in [-0.1, -0.05) is 11.6 Å². The summed E-state index contributed by atoms with van der Waals surface area (Å²) in [6.07, 6.45) is 0.0161. The Bertz CT molecular complexity index is 488. The molecule has 0 bridgehead atoms. The van der Waals surface area contributed by atoms with Crippen LogP contribution >= 0.6 is 35.6 Å². The second kappa shape index (κ2) is 11.8. The van der Waals surface area contributed by atoms with E-state index in [9.17, 15) is 0 Å². The molecule has 0 aliphatic heterocycles. The number of ether oxygens (including phenoxy) is 1. The zero-order valence-corrected chi connectivity index (χ0v) is 18.2. The monoisotopic (exact) mass is 468 g/mol. The number of aliphatic imine (C=N–C) groups is 1. The normalized spacial score (nSPS) is 13.0. The predicted molar refractivity (Wildman–Crippen MR) is 114 cm³/mol. The summed E-state index contributed by atoms with van der Waals surface area (Å²) >= 11 is 5.86. The first-order valence-electron chi connectivity index (χ1n) is 7.92. The third kappa shape index (κ3) is 10.9. The molecule has 0 spiro atoms. The minimum atomic E-state index is 0. The number of guanidine groups is 1. The molecule has 0 aliphatic carbocycles. The van der Waals surface area contributed by atoms with Gasteiger partial charge in [-0.15, -0.1) is 24.0 Å². The summed E-state index contributed by atoms with van der Waals surface area (Å²) < 4.78 is 5.82. The molecule has 1 atom stereocenters. The van der Waals surface area contributed by atoms with E-state index in [4.69, 9.17) is 16.3 Å². The van der Waals surface area contributed by atoms with Gasteiger partial charge >= 0.3 is 0 Å². The quantitative estimate of drug-likeness (QED) is 0.249. The molecule has 5 nitrogen and oxygen atoms in total. The average molecular weight is 469 g/mol. The minimum Gasteiger partial charge on any atom is -0.489 e. The van der Waals surface area contributed by atoms with E-state index in [0.717, 1.165) is 24.8 Å². The molecule has 0 heterocycles. The maximum Gasteiger partial charge on any atom is 0.191 e. The first kappa shape index (κ1) is 23.3. The molecule has 0 saturated heterocycles. The summed E-state index contributed by atoms with van der Waals surface area (Å²) in [6, 6.07) is 7.37. The van der Waals surface area contributed by atoms with E-state index in [1.807, 2.05) is 31.2 Å². The molecule has 1 aromatic carbocycles. The van der Waals surface area contributed by atoms with Crippen LogP contribution in [0.4, 0.5) is 0 Å². The molecule has 0 saturated carbocycles. The number of rotatable bonds is 7. The van der Waals surface area contributed by atoms with Crippen molar-refractivity contribution >= 4 is 41.5 Å². The molecule has 3 N–H and O–H groups in total. The highest BCUT2D eigenvalue weighted by atomic mass is 127. The van der Waals surface area contributed by atoms with Gasteiger partial charge in [0.05, 0.1) is 6.54 Å². The lowest BCUT2D eigenvalue weighted by atomic mass is 10.1. The largest absolute Gasteiger partial charge is 0.489 e. The third-order valence-electron chi connectivity index (χ3n) is 3.00. The van der Waals surface area contributed by atoms with E-state index >= 15 is 0 Å². The van der Waals surface area contributed by atoms with Gasteiger partial charge in [-0.3, -0.25) is 4.99 Å². The molecule has 0 fully saturated rings.